The van der Waals surface area contributed by atoms with Crippen molar-refractivity contribution < 1.29 is 18.1 Å². The summed E-state index contributed by atoms with van der Waals surface area (Å²) >= 11 is 0. The van der Waals surface area contributed by atoms with Crippen molar-refractivity contribution in [2.45, 2.75) is 6.92 Å². The molecule has 21 heavy (non-hydrogen) atoms. The fourth-order valence-electron chi connectivity index (χ4n) is 1.60. The molecule has 1 amide bonds. The van der Waals surface area contributed by atoms with Gasteiger partial charge in [0.05, 0.1) is 10.7 Å². The lowest BCUT2D eigenvalue weighted by Gasteiger charge is -2.08. The summed E-state index contributed by atoms with van der Waals surface area (Å²) in [6.45, 7) is 1.38. The third-order valence-corrected chi connectivity index (χ3v) is 4.46. The van der Waals surface area contributed by atoms with Gasteiger partial charge in [-0.1, -0.05) is 13.0 Å². The number of nitrogens with one attached hydrogen (secondary N) is 2. The molecular formula is C11H16N4O5S. The number of nitrogen functional groups attached to an aromatic ring is 1. The first-order chi connectivity index (χ1) is 9.82. The number of hydrogen-bond acceptors (Lipinski definition) is 7. The molecule has 0 saturated heterocycles. The lowest BCUT2D eigenvalue weighted by atomic mass is 10.1. The van der Waals surface area contributed by atoms with E-state index >= 15 is 0 Å². The fourth-order valence-corrected chi connectivity index (χ4v) is 2.30. The summed E-state index contributed by atoms with van der Waals surface area (Å²) < 4.78 is 22.6. The zero-order valence-corrected chi connectivity index (χ0v) is 12.1. The number of rotatable bonds is 7. The zero-order valence-electron chi connectivity index (χ0n) is 11.3. The van der Waals surface area contributed by atoms with Crippen LogP contribution in [0.2, 0.25) is 0 Å². The third-order valence-electron chi connectivity index (χ3n) is 2.76. The van der Waals surface area contributed by atoms with Crippen LogP contribution >= 0.6 is 0 Å². The van der Waals surface area contributed by atoms with Crippen LogP contribution in [0.3, 0.4) is 0 Å². The first-order valence-corrected chi connectivity index (χ1v) is 7.87. The average Bonchev–Trinajstić information content (AvgIpc) is 2.45. The number of nitro benzene ring substituents is 1. The Morgan fingerprint density at radius 1 is 1.43 bits per heavy atom. The second-order valence-electron chi connectivity index (χ2n) is 4.10. The maximum Gasteiger partial charge on any atom is 0.306 e. The van der Waals surface area contributed by atoms with Gasteiger partial charge in [-0.2, -0.15) is 0 Å². The van der Waals surface area contributed by atoms with E-state index in [1.54, 1.807) is 0 Å². The van der Waals surface area contributed by atoms with E-state index in [2.05, 4.69) is 10.7 Å². The molecule has 0 atom stereocenters. The van der Waals surface area contributed by atoms with Crippen LogP contribution in [0.5, 0.6) is 0 Å². The van der Waals surface area contributed by atoms with Gasteiger partial charge in [-0.05, 0) is 12.1 Å². The minimum absolute atomic E-state index is 0.00571. The average molecular weight is 316 g/mol. The number of hydrazine groups is 1. The molecule has 1 aromatic rings. The summed E-state index contributed by atoms with van der Waals surface area (Å²) in [6, 6.07) is 4.05. The van der Waals surface area contributed by atoms with Crippen molar-refractivity contribution in [1.29, 1.82) is 0 Å². The van der Waals surface area contributed by atoms with Crippen LogP contribution in [-0.2, 0) is 9.84 Å². The molecular weight excluding hydrogens is 300 g/mol. The Labute approximate surface area is 121 Å². The van der Waals surface area contributed by atoms with E-state index < -0.39 is 26.4 Å². The lowest BCUT2D eigenvalue weighted by Crippen LogP contribution is -2.30. The van der Waals surface area contributed by atoms with Gasteiger partial charge in [-0.3, -0.25) is 20.8 Å². The summed E-state index contributed by atoms with van der Waals surface area (Å²) in [5, 5.41) is 13.4. The van der Waals surface area contributed by atoms with Gasteiger partial charge < -0.3 is 10.7 Å². The number of nitrogens with zero attached hydrogens (tertiary/aromatic N) is 1. The Morgan fingerprint density at radius 2 is 2.10 bits per heavy atom. The highest BCUT2D eigenvalue weighted by Gasteiger charge is 2.24. The fraction of sp³-hybridized carbons (Fsp3) is 0.364. The molecule has 9 nitrogen and oxygen atoms in total. The van der Waals surface area contributed by atoms with Gasteiger partial charge in [-0.15, -0.1) is 0 Å². The van der Waals surface area contributed by atoms with Crippen molar-refractivity contribution in [2.75, 3.05) is 23.5 Å². The summed E-state index contributed by atoms with van der Waals surface area (Å²) in [6.07, 6.45) is 0. The quantitative estimate of drug-likeness (QED) is 0.366. The molecule has 0 heterocycles. The van der Waals surface area contributed by atoms with Crippen molar-refractivity contribution in [2.24, 2.45) is 5.84 Å². The van der Waals surface area contributed by atoms with Crippen LogP contribution in [-0.4, -0.2) is 37.3 Å². The Kier molecular flexibility index (Phi) is 5.61. The molecule has 0 bridgehead atoms. The Morgan fingerprint density at radius 3 is 2.62 bits per heavy atom. The van der Waals surface area contributed by atoms with Gasteiger partial charge in [0.15, 0.2) is 9.84 Å². The molecule has 1 aromatic carbocycles. The smallest absolute Gasteiger partial charge is 0.306 e. The van der Waals surface area contributed by atoms with Gasteiger partial charge in [-0.25, -0.2) is 8.42 Å². The van der Waals surface area contributed by atoms with Gasteiger partial charge in [0, 0.05) is 12.3 Å². The predicted octanol–water partition coefficient (Wildman–Crippen LogP) is 0.0449. The summed E-state index contributed by atoms with van der Waals surface area (Å²) in [4.78, 5) is 22.2. The highest BCUT2D eigenvalue weighted by atomic mass is 32.2. The maximum absolute atomic E-state index is 11.9. The molecule has 1 rings (SSSR count). The first-order valence-electron chi connectivity index (χ1n) is 6.05. The molecule has 0 aliphatic rings. The first kappa shape index (κ1) is 16.9. The molecule has 0 radical (unpaired) electrons. The maximum atomic E-state index is 11.9. The number of carbonyl (C=O) groups excluding carboxylic acids is 1. The highest BCUT2D eigenvalue weighted by Crippen LogP contribution is 2.27. The van der Waals surface area contributed by atoms with E-state index in [1.807, 2.05) is 0 Å². The molecule has 0 fully saturated rings. The standard InChI is InChI=1S/C11H16N4O5S/c1-2-21(19,20)7-6-13-11(16)8-4-3-5-9(14-12)10(8)15(17)18/h3-5,14H,2,6-7,12H2,1H3,(H,13,16). The number of nitrogens with two attached hydrogens (primary N) is 1. The number of sulfone groups is 1. The van der Waals surface area contributed by atoms with E-state index in [0.717, 1.165) is 0 Å². The number of benzene rings is 1. The van der Waals surface area contributed by atoms with Crippen molar-refractivity contribution >= 4 is 27.1 Å². The van der Waals surface area contributed by atoms with Crippen LogP contribution in [0.1, 0.15) is 17.3 Å². The number of para-hydroxylation sites is 1. The second kappa shape index (κ2) is 6.99. The number of nitro groups is 1. The number of hydrogen-bond donors (Lipinski definition) is 3. The number of carbonyl (C=O) groups is 1. The van der Waals surface area contributed by atoms with E-state index in [0.29, 0.717) is 0 Å². The summed E-state index contributed by atoms with van der Waals surface area (Å²) in [7, 11) is -3.22. The van der Waals surface area contributed by atoms with Gasteiger partial charge in [0.25, 0.3) is 5.91 Å². The van der Waals surface area contributed by atoms with Crippen LogP contribution in [0, 0.1) is 10.1 Å². The highest BCUT2D eigenvalue weighted by molar-refractivity contribution is 7.91. The predicted molar refractivity (Wildman–Crippen MR) is 77.6 cm³/mol. The van der Waals surface area contributed by atoms with Crippen molar-refractivity contribution in [3.8, 4) is 0 Å². The molecule has 4 N–H and O–H groups in total. The molecule has 0 spiro atoms. The lowest BCUT2D eigenvalue weighted by molar-refractivity contribution is -0.384. The van der Waals surface area contributed by atoms with Crippen LogP contribution < -0.4 is 16.6 Å². The van der Waals surface area contributed by atoms with Gasteiger partial charge >= 0.3 is 5.69 Å². The Balaban J connectivity index is 2.91. The summed E-state index contributed by atoms with van der Waals surface area (Å²) in [5.41, 5.74) is 1.49. The molecule has 0 aromatic heterocycles. The van der Waals surface area contributed by atoms with E-state index in [-0.39, 0.29) is 29.3 Å². The van der Waals surface area contributed by atoms with Gasteiger partial charge in [0.2, 0.25) is 0 Å². The van der Waals surface area contributed by atoms with Crippen molar-refractivity contribution in [3.05, 3.63) is 33.9 Å². The minimum Gasteiger partial charge on any atom is -0.351 e. The third kappa shape index (κ3) is 4.39. The Bertz CT molecular complexity index is 644. The SMILES string of the molecule is CCS(=O)(=O)CCNC(=O)c1cccc(NN)c1[N+](=O)[O-]. The number of amides is 1. The van der Waals surface area contributed by atoms with E-state index in [1.165, 1.54) is 25.1 Å². The molecule has 0 unspecified atom stereocenters. The van der Waals surface area contributed by atoms with Crippen LogP contribution in [0.15, 0.2) is 18.2 Å². The van der Waals surface area contributed by atoms with E-state index in [9.17, 15) is 23.3 Å². The van der Waals surface area contributed by atoms with Gasteiger partial charge in [0.1, 0.15) is 11.3 Å². The number of anilines is 1. The molecule has 0 aliphatic carbocycles. The monoisotopic (exact) mass is 316 g/mol. The molecule has 116 valence electrons. The largest absolute Gasteiger partial charge is 0.351 e. The van der Waals surface area contributed by atoms with E-state index in [4.69, 9.17) is 5.84 Å². The van der Waals surface area contributed by atoms with Crippen LogP contribution in [0.25, 0.3) is 0 Å². The minimum atomic E-state index is -3.22. The summed E-state index contributed by atoms with van der Waals surface area (Å²) in [5.74, 6) is 4.18. The van der Waals surface area contributed by atoms with Crippen LogP contribution in [0.4, 0.5) is 11.4 Å². The normalized spacial score (nSPS) is 11.0. The molecule has 0 aliphatic heterocycles. The van der Waals surface area contributed by atoms with Crippen molar-refractivity contribution in [3.63, 3.8) is 0 Å². The zero-order chi connectivity index (χ0) is 16.0. The Hall–Kier alpha value is -2.20. The second-order valence-corrected chi connectivity index (χ2v) is 6.57. The molecule has 10 heteroatoms. The molecule has 0 saturated carbocycles. The topological polar surface area (TPSA) is 144 Å². The van der Waals surface area contributed by atoms with Crippen molar-refractivity contribution in [1.82, 2.24) is 5.32 Å².